The van der Waals surface area contributed by atoms with Gasteiger partial charge in [-0.3, -0.25) is 0 Å². The topological polar surface area (TPSA) is 23.5 Å². The Morgan fingerprint density at radius 3 is 2.62 bits per heavy atom. The van der Waals surface area contributed by atoms with E-state index in [1.807, 2.05) is 0 Å². The van der Waals surface area contributed by atoms with Crippen molar-refractivity contribution in [3.8, 4) is 0 Å². The monoisotopic (exact) mass is 219 g/mol. The molecule has 1 aromatic carbocycles. The van der Waals surface area contributed by atoms with Gasteiger partial charge in [0.1, 0.15) is 0 Å². The molecule has 2 heteroatoms. The molecular formula is C14H21NO. The average molecular weight is 219 g/mol. The molecular weight excluding hydrogens is 198 g/mol. The summed E-state index contributed by atoms with van der Waals surface area (Å²) in [5.41, 5.74) is 4.07. The zero-order valence-corrected chi connectivity index (χ0v) is 10.2. The van der Waals surface area contributed by atoms with Crippen LogP contribution in [0, 0.1) is 19.8 Å². The minimum absolute atomic E-state index is 0.321. The maximum absolute atomic E-state index is 9.27. The van der Waals surface area contributed by atoms with Crippen LogP contribution in [-0.2, 0) is 0 Å². The van der Waals surface area contributed by atoms with Crippen LogP contribution in [0.2, 0.25) is 0 Å². The minimum atomic E-state index is 0.321. The molecule has 1 saturated heterocycles. The van der Waals surface area contributed by atoms with E-state index in [-0.39, 0.29) is 0 Å². The van der Waals surface area contributed by atoms with Gasteiger partial charge in [0.15, 0.2) is 0 Å². The van der Waals surface area contributed by atoms with Crippen LogP contribution in [0.15, 0.2) is 18.2 Å². The van der Waals surface area contributed by atoms with Crippen molar-refractivity contribution in [3.63, 3.8) is 0 Å². The second-order valence-electron chi connectivity index (χ2n) is 4.88. The maximum atomic E-state index is 9.27. The van der Waals surface area contributed by atoms with E-state index < -0.39 is 0 Å². The van der Waals surface area contributed by atoms with Crippen LogP contribution in [0.4, 0.5) is 5.69 Å². The zero-order valence-electron chi connectivity index (χ0n) is 10.2. The van der Waals surface area contributed by atoms with Crippen LogP contribution >= 0.6 is 0 Å². The Kier molecular flexibility index (Phi) is 3.49. The van der Waals surface area contributed by atoms with E-state index in [0.717, 1.165) is 19.5 Å². The highest BCUT2D eigenvalue weighted by Crippen LogP contribution is 2.28. The lowest BCUT2D eigenvalue weighted by atomic mass is 9.97. The van der Waals surface area contributed by atoms with Gasteiger partial charge in [-0.2, -0.15) is 0 Å². The van der Waals surface area contributed by atoms with E-state index in [4.69, 9.17) is 0 Å². The van der Waals surface area contributed by atoms with Crippen LogP contribution in [0.3, 0.4) is 0 Å². The van der Waals surface area contributed by atoms with Gasteiger partial charge in [0, 0.05) is 25.4 Å². The van der Waals surface area contributed by atoms with Gasteiger partial charge < -0.3 is 10.0 Å². The Balaban J connectivity index is 2.23. The molecule has 0 radical (unpaired) electrons. The molecule has 88 valence electrons. The summed E-state index contributed by atoms with van der Waals surface area (Å²) < 4.78 is 0. The summed E-state index contributed by atoms with van der Waals surface area (Å²) >= 11 is 0. The molecule has 2 nitrogen and oxygen atoms in total. The summed E-state index contributed by atoms with van der Waals surface area (Å²) in [7, 11) is 0. The number of aliphatic hydroxyl groups excluding tert-OH is 1. The molecule has 1 aliphatic heterocycles. The van der Waals surface area contributed by atoms with Crippen LogP contribution in [0.1, 0.15) is 24.0 Å². The first-order chi connectivity index (χ1) is 7.72. The quantitative estimate of drug-likeness (QED) is 0.826. The highest BCUT2D eigenvalue weighted by atomic mass is 16.3. The van der Waals surface area contributed by atoms with E-state index >= 15 is 0 Å². The first kappa shape index (κ1) is 11.5. The van der Waals surface area contributed by atoms with Gasteiger partial charge in [0.2, 0.25) is 0 Å². The summed E-state index contributed by atoms with van der Waals surface area (Å²) in [4.78, 5) is 2.44. The number of hydrogen-bond acceptors (Lipinski definition) is 2. The van der Waals surface area contributed by atoms with Crippen LogP contribution in [0.5, 0.6) is 0 Å². The van der Waals surface area contributed by atoms with Crippen LogP contribution < -0.4 is 4.90 Å². The summed E-state index contributed by atoms with van der Waals surface area (Å²) in [5.74, 6) is 0.452. The van der Waals surface area contributed by atoms with E-state index in [1.54, 1.807) is 0 Å². The van der Waals surface area contributed by atoms with Crippen molar-refractivity contribution >= 4 is 5.69 Å². The molecule has 0 amide bonds. The lowest BCUT2D eigenvalue weighted by Crippen LogP contribution is -2.37. The van der Waals surface area contributed by atoms with Crippen molar-refractivity contribution in [2.45, 2.75) is 26.7 Å². The maximum Gasteiger partial charge on any atom is 0.0476 e. The molecule has 1 aromatic rings. The van der Waals surface area contributed by atoms with Gasteiger partial charge in [0.25, 0.3) is 0 Å². The molecule has 0 aromatic heterocycles. The van der Waals surface area contributed by atoms with E-state index in [2.05, 4.69) is 36.9 Å². The number of anilines is 1. The van der Waals surface area contributed by atoms with Gasteiger partial charge in [-0.1, -0.05) is 18.2 Å². The first-order valence-corrected chi connectivity index (χ1v) is 6.14. The van der Waals surface area contributed by atoms with Gasteiger partial charge in [0.05, 0.1) is 0 Å². The Bertz CT molecular complexity index is 342. The SMILES string of the molecule is Cc1cccc(C)c1N1CCCC(CO)C1. The largest absolute Gasteiger partial charge is 0.396 e. The predicted molar refractivity (Wildman–Crippen MR) is 67.9 cm³/mol. The molecule has 1 N–H and O–H groups in total. The van der Waals surface area contributed by atoms with Crippen LogP contribution in [-0.4, -0.2) is 24.8 Å². The molecule has 1 unspecified atom stereocenters. The fraction of sp³-hybridized carbons (Fsp3) is 0.571. The Morgan fingerprint density at radius 2 is 2.00 bits per heavy atom. The van der Waals surface area contributed by atoms with Gasteiger partial charge in [-0.25, -0.2) is 0 Å². The summed E-state index contributed by atoms with van der Waals surface area (Å²) in [5, 5.41) is 9.27. The van der Waals surface area contributed by atoms with Crippen molar-refractivity contribution in [2.75, 3.05) is 24.6 Å². The van der Waals surface area contributed by atoms with Crippen molar-refractivity contribution in [2.24, 2.45) is 5.92 Å². The molecule has 0 spiro atoms. The lowest BCUT2D eigenvalue weighted by molar-refractivity contribution is 0.208. The molecule has 1 heterocycles. The zero-order chi connectivity index (χ0) is 11.5. The smallest absolute Gasteiger partial charge is 0.0476 e. The second kappa shape index (κ2) is 4.88. The average Bonchev–Trinajstić information content (AvgIpc) is 2.29. The number of piperidine rings is 1. The molecule has 0 bridgehead atoms. The van der Waals surface area contributed by atoms with Crippen LogP contribution in [0.25, 0.3) is 0 Å². The molecule has 1 fully saturated rings. The van der Waals surface area contributed by atoms with Crippen molar-refractivity contribution < 1.29 is 5.11 Å². The van der Waals surface area contributed by atoms with Crippen molar-refractivity contribution in [1.29, 1.82) is 0 Å². The van der Waals surface area contributed by atoms with Gasteiger partial charge in [-0.15, -0.1) is 0 Å². The Labute approximate surface area is 97.9 Å². The molecule has 2 rings (SSSR count). The number of para-hydroxylation sites is 1. The normalized spacial score (nSPS) is 21.2. The second-order valence-corrected chi connectivity index (χ2v) is 4.88. The van der Waals surface area contributed by atoms with Gasteiger partial charge >= 0.3 is 0 Å². The number of hydrogen-bond donors (Lipinski definition) is 1. The predicted octanol–water partition coefficient (Wildman–Crippen LogP) is 2.51. The Hall–Kier alpha value is -1.02. The molecule has 0 aliphatic carbocycles. The fourth-order valence-corrected chi connectivity index (χ4v) is 2.72. The Morgan fingerprint density at radius 1 is 1.31 bits per heavy atom. The first-order valence-electron chi connectivity index (χ1n) is 6.14. The number of rotatable bonds is 2. The van der Waals surface area contributed by atoms with Crippen molar-refractivity contribution in [1.82, 2.24) is 0 Å². The number of benzene rings is 1. The third kappa shape index (κ3) is 2.22. The van der Waals surface area contributed by atoms with Gasteiger partial charge in [-0.05, 0) is 43.7 Å². The fourth-order valence-electron chi connectivity index (χ4n) is 2.72. The minimum Gasteiger partial charge on any atom is -0.396 e. The third-order valence-corrected chi connectivity index (χ3v) is 3.53. The summed E-state index contributed by atoms with van der Waals surface area (Å²) in [6.07, 6.45) is 2.36. The molecule has 1 aliphatic rings. The van der Waals surface area contributed by atoms with Crippen molar-refractivity contribution in [3.05, 3.63) is 29.3 Å². The lowest BCUT2D eigenvalue weighted by Gasteiger charge is -2.35. The molecule has 0 saturated carbocycles. The molecule has 16 heavy (non-hydrogen) atoms. The third-order valence-electron chi connectivity index (χ3n) is 3.53. The summed E-state index contributed by atoms with van der Waals surface area (Å²) in [6.45, 7) is 6.79. The van der Waals surface area contributed by atoms with E-state index in [1.165, 1.54) is 23.2 Å². The number of nitrogens with zero attached hydrogens (tertiary/aromatic N) is 1. The highest BCUT2D eigenvalue weighted by Gasteiger charge is 2.21. The standard InChI is InChI=1S/C14H21NO/c1-11-5-3-6-12(2)14(11)15-8-4-7-13(9-15)10-16/h3,5-6,13,16H,4,7-10H2,1-2H3. The number of aryl methyl sites for hydroxylation is 2. The molecule has 1 atom stereocenters. The van der Waals surface area contributed by atoms with E-state index in [9.17, 15) is 5.11 Å². The highest BCUT2D eigenvalue weighted by molar-refractivity contribution is 5.59. The van der Waals surface area contributed by atoms with E-state index in [0.29, 0.717) is 12.5 Å². The number of aliphatic hydroxyl groups is 1. The summed E-state index contributed by atoms with van der Waals surface area (Å²) in [6, 6.07) is 6.46.